The molecule has 0 amide bonds. The Morgan fingerprint density at radius 3 is 1.81 bits per heavy atom. The number of hydrogen-bond donors (Lipinski definition) is 1. The number of nitrogens with zero attached hydrogens (tertiary/aromatic N) is 1. The minimum absolute atomic E-state index is 0.583. The Morgan fingerprint density at radius 2 is 1.31 bits per heavy atom. The molecule has 6 nitrogen and oxygen atoms in total. The Bertz CT molecular complexity index is 298. The molecule has 6 heteroatoms. The molecular formula is C20H42N2O4. The lowest BCUT2D eigenvalue weighted by Gasteiger charge is -2.33. The van der Waals surface area contributed by atoms with Gasteiger partial charge < -0.3 is 29.2 Å². The van der Waals surface area contributed by atoms with Gasteiger partial charge in [0, 0.05) is 25.2 Å². The summed E-state index contributed by atoms with van der Waals surface area (Å²) in [6.07, 6.45) is 4.78. The molecule has 1 N–H and O–H groups in total. The molecule has 0 aliphatic carbocycles. The van der Waals surface area contributed by atoms with Crippen LogP contribution in [0.2, 0.25) is 0 Å². The highest BCUT2D eigenvalue weighted by atomic mass is 16.6. The van der Waals surface area contributed by atoms with E-state index in [0.29, 0.717) is 51.7 Å². The number of nitrogens with one attached hydrogen (secondary N) is 1. The average Bonchev–Trinajstić information content (AvgIpc) is 2.63. The second-order valence-corrected chi connectivity index (χ2v) is 7.24. The van der Waals surface area contributed by atoms with Crippen LogP contribution in [0, 0.1) is 0 Å². The molecule has 1 saturated heterocycles. The summed E-state index contributed by atoms with van der Waals surface area (Å²) in [4.78, 5) is 2.50. The van der Waals surface area contributed by atoms with E-state index in [-0.39, 0.29) is 0 Å². The Kier molecular flexibility index (Phi) is 15.5. The third-order valence-electron chi connectivity index (χ3n) is 4.47. The van der Waals surface area contributed by atoms with Crippen molar-refractivity contribution in [3.8, 4) is 0 Å². The molecular weight excluding hydrogens is 332 g/mol. The maximum atomic E-state index is 5.67. The zero-order valence-electron chi connectivity index (χ0n) is 17.3. The average molecular weight is 375 g/mol. The second kappa shape index (κ2) is 16.9. The van der Waals surface area contributed by atoms with Gasteiger partial charge in [0.25, 0.3) is 0 Å². The smallest absolute Gasteiger partial charge is 0.0701 e. The van der Waals surface area contributed by atoms with Crippen LogP contribution in [-0.4, -0.2) is 89.5 Å². The molecule has 0 unspecified atom stereocenters. The molecule has 26 heavy (non-hydrogen) atoms. The van der Waals surface area contributed by atoms with E-state index in [1.165, 1.54) is 32.4 Å². The summed E-state index contributed by atoms with van der Waals surface area (Å²) >= 11 is 0. The van der Waals surface area contributed by atoms with E-state index in [0.717, 1.165) is 26.2 Å². The normalized spacial score (nSPS) is 16.6. The molecule has 0 radical (unpaired) electrons. The number of piperidine rings is 1. The van der Waals surface area contributed by atoms with Crippen molar-refractivity contribution in [2.45, 2.75) is 58.5 Å². The van der Waals surface area contributed by atoms with Crippen LogP contribution in [0.25, 0.3) is 0 Å². The molecule has 1 rings (SSSR count). The SMILES string of the molecule is CCCCOCCOCCOCCOCCN1CCC(NC(C)C)CC1. The summed E-state index contributed by atoms with van der Waals surface area (Å²) in [6.45, 7) is 15.4. The summed E-state index contributed by atoms with van der Waals surface area (Å²) in [5.41, 5.74) is 0. The molecule has 0 atom stereocenters. The number of ether oxygens (including phenoxy) is 4. The highest BCUT2D eigenvalue weighted by Crippen LogP contribution is 2.10. The van der Waals surface area contributed by atoms with Crippen LogP contribution in [0.1, 0.15) is 46.5 Å². The van der Waals surface area contributed by atoms with Gasteiger partial charge in [-0.2, -0.15) is 0 Å². The monoisotopic (exact) mass is 374 g/mol. The standard InChI is InChI=1S/C20H42N2O4/c1-4-5-11-23-13-15-25-17-18-26-16-14-24-12-10-22-8-6-20(7-9-22)21-19(2)3/h19-21H,4-18H2,1-3H3. The first-order valence-corrected chi connectivity index (χ1v) is 10.5. The lowest BCUT2D eigenvalue weighted by Crippen LogP contribution is -2.45. The van der Waals surface area contributed by atoms with Gasteiger partial charge >= 0.3 is 0 Å². The Hall–Kier alpha value is -0.240. The maximum absolute atomic E-state index is 5.67. The van der Waals surface area contributed by atoms with Gasteiger partial charge in [-0.25, -0.2) is 0 Å². The molecule has 156 valence electrons. The molecule has 0 aromatic heterocycles. The highest BCUT2D eigenvalue weighted by Gasteiger charge is 2.18. The minimum atomic E-state index is 0.583. The third kappa shape index (κ3) is 13.9. The second-order valence-electron chi connectivity index (χ2n) is 7.24. The lowest BCUT2D eigenvalue weighted by atomic mass is 10.0. The van der Waals surface area contributed by atoms with Crippen LogP contribution in [0.5, 0.6) is 0 Å². The van der Waals surface area contributed by atoms with Gasteiger partial charge in [-0.3, -0.25) is 0 Å². The Labute approximate surface area is 160 Å². The van der Waals surface area contributed by atoms with Gasteiger partial charge in [0.2, 0.25) is 0 Å². The van der Waals surface area contributed by atoms with E-state index in [2.05, 4.69) is 31.0 Å². The van der Waals surface area contributed by atoms with Crippen molar-refractivity contribution in [3.05, 3.63) is 0 Å². The number of rotatable bonds is 17. The van der Waals surface area contributed by atoms with Gasteiger partial charge in [0.05, 0.1) is 46.2 Å². The molecule has 0 saturated carbocycles. The van der Waals surface area contributed by atoms with Gasteiger partial charge in [-0.15, -0.1) is 0 Å². The first kappa shape index (κ1) is 23.8. The van der Waals surface area contributed by atoms with Crippen LogP contribution in [0.3, 0.4) is 0 Å². The molecule has 1 aliphatic rings. The molecule has 1 heterocycles. The van der Waals surface area contributed by atoms with E-state index < -0.39 is 0 Å². The van der Waals surface area contributed by atoms with E-state index in [9.17, 15) is 0 Å². The van der Waals surface area contributed by atoms with Gasteiger partial charge in [-0.05, 0) is 32.4 Å². The van der Waals surface area contributed by atoms with E-state index in [1.807, 2.05) is 0 Å². The Balaban J connectivity index is 1.76. The lowest BCUT2D eigenvalue weighted by molar-refractivity contribution is -0.00470. The predicted molar refractivity (Wildman–Crippen MR) is 106 cm³/mol. The zero-order valence-corrected chi connectivity index (χ0v) is 17.3. The fraction of sp³-hybridized carbons (Fsp3) is 1.00. The van der Waals surface area contributed by atoms with Crippen LogP contribution in [0.15, 0.2) is 0 Å². The first-order valence-electron chi connectivity index (χ1n) is 10.5. The minimum Gasteiger partial charge on any atom is -0.379 e. The molecule has 0 bridgehead atoms. The largest absolute Gasteiger partial charge is 0.379 e. The van der Waals surface area contributed by atoms with E-state index >= 15 is 0 Å². The number of likely N-dealkylation sites (tertiary alicyclic amines) is 1. The summed E-state index contributed by atoms with van der Waals surface area (Å²) in [6, 6.07) is 1.27. The van der Waals surface area contributed by atoms with Crippen molar-refractivity contribution in [1.82, 2.24) is 10.2 Å². The third-order valence-corrected chi connectivity index (χ3v) is 4.47. The van der Waals surface area contributed by atoms with Crippen LogP contribution >= 0.6 is 0 Å². The highest BCUT2D eigenvalue weighted by molar-refractivity contribution is 4.78. The summed E-state index contributed by atoms with van der Waals surface area (Å²) < 4.78 is 22.1. The number of unbranched alkanes of at least 4 members (excludes halogenated alkanes) is 1. The quantitative estimate of drug-likeness (QED) is 0.394. The van der Waals surface area contributed by atoms with E-state index in [1.54, 1.807) is 0 Å². The topological polar surface area (TPSA) is 52.2 Å². The molecule has 0 aromatic rings. The molecule has 1 fully saturated rings. The van der Waals surface area contributed by atoms with Crippen molar-refractivity contribution in [3.63, 3.8) is 0 Å². The van der Waals surface area contributed by atoms with Gasteiger partial charge in [0.1, 0.15) is 0 Å². The van der Waals surface area contributed by atoms with Crippen LogP contribution < -0.4 is 5.32 Å². The van der Waals surface area contributed by atoms with Crippen molar-refractivity contribution in [1.29, 1.82) is 0 Å². The van der Waals surface area contributed by atoms with E-state index in [4.69, 9.17) is 18.9 Å². The van der Waals surface area contributed by atoms with Crippen LogP contribution in [-0.2, 0) is 18.9 Å². The van der Waals surface area contributed by atoms with Gasteiger partial charge in [-0.1, -0.05) is 27.2 Å². The van der Waals surface area contributed by atoms with Gasteiger partial charge in [0.15, 0.2) is 0 Å². The Morgan fingerprint density at radius 1 is 0.808 bits per heavy atom. The maximum Gasteiger partial charge on any atom is 0.0701 e. The van der Waals surface area contributed by atoms with Crippen LogP contribution in [0.4, 0.5) is 0 Å². The van der Waals surface area contributed by atoms with Crippen molar-refractivity contribution in [2.24, 2.45) is 0 Å². The zero-order chi connectivity index (χ0) is 18.9. The van der Waals surface area contributed by atoms with Crippen molar-refractivity contribution in [2.75, 3.05) is 72.5 Å². The fourth-order valence-corrected chi connectivity index (χ4v) is 3.00. The predicted octanol–water partition coefficient (Wildman–Crippen LogP) is 2.32. The molecule has 0 aromatic carbocycles. The molecule has 0 spiro atoms. The fourth-order valence-electron chi connectivity index (χ4n) is 3.00. The summed E-state index contributed by atoms with van der Waals surface area (Å²) in [7, 11) is 0. The summed E-state index contributed by atoms with van der Waals surface area (Å²) in [5, 5.41) is 3.63. The summed E-state index contributed by atoms with van der Waals surface area (Å²) in [5.74, 6) is 0. The molecule has 1 aliphatic heterocycles. The van der Waals surface area contributed by atoms with Crippen molar-refractivity contribution < 1.29 is 18.9 Å². The first-order chi connectivity index (χ1) is 12.7. The van der Waals surface area contributed by atoms with Crippen molar-refractivity contribution >= 4 is 0 Å². The number of hydrogen-bond acceptors (Lipinski definition) is 6.